The number of aromatic nitrogens is 2. The molecule has 4 aromatic carbocycles. The molecule has 7 rings (SSSR count). The number of anilines is 1. The van der Waals surface area contributed by atoms with Crippen LogP contribution >= 0.6 is 0 Å². The van der Waals surface area contributed by atoms with Gasteiger partial charge in [0.15, 0.2) is 6.10 Å². The highest BCUT2D eigenvalue weighted by molar-refractivity contribution is 5.81. The Morgan fingerprint density at radius 1 is 0.867 bits per heavy atom. The van der Waals surface area contributed by atoms with Crippen molar-refractivity contribution >= 4 is 17.4 Å². The lowest BCUT2D eigenvalue weighted by Gasteiger charge is -2.41. The van der Waals surface area contributed by atoms with Gasteiger partial charge in [-0.15, -0.1) is 0 Å². The molecule has 0 bridgehead atoms. The number of aliphatic carboxylic acids is 1. The number of hydrogen-bond donors (Lipinski definition) is 2. The lowest BCUT2D eigenvalue weighted by atomic mass is 9.92. The Balaban J connectivity index is 1.10. The highest BCUT2D eigenvalue weighted by Gasteiger charge is 2.35. The first kappa shape index (κ1) is 42.5. The van der Waals surface area contributed by atoms with E-state index in [0.29, 0.717) is 97.5 Å². The summed E-state index contributed by atoms with van der Waals surface area (Å²) in [4.78, 5) is 19.6. The molecule has 0 amide bonds. The van der Waals surface area contributed by atoms with Crippen LogP contribution in [0.2, 0.25) is 0 Å². The number of halogens is 1. The molecule has 1 aliphatic rings. The zero-order valence-electron chi connectivity index (χ0n) is 35.0. The number of aliphatic hydroxyl groups excluding tert-OH is 1. The Bertz CT molecular complexity index is 2410. The predicted molar refractivity (Wildman–Crippen MR) is 231 cm³/mol. The van der Waals surface area contributed by atoms with Crippen LogP contribution in [-0.2, 0) is 32.2 Å². The van der Waals surface area contributed by atoms with Gasteiger partial charge in [-0.3, -0.25) is 4.40 Å². The molecule has 0 saturated carbocycles. The second kappa shape index (κ2) is 18.8. The zero-order valence-corrected chi connectivity index (χ0v) is 35.0. The van der Waals surface area contributed by atoms with Crippen molar-refractivity contribution in [2.75, 3.05) is 37.8 Å². The molecule has 2 atom stereocenters. The first-order valence-corrected chi connectivity index (χ1v) is 20.5. The van der Waals surface area contributed by atoms with Crippen LogP contribution in [0.1, 0.15) is 66.2 Å². The Morgan fingerprint density at radius 2 is 1.53 bits per heavy atom. The van der Waals surface area contributed by atoms with E-state index in [1.54, 1.807) is 0 Å². The van der Waals surface area contributed by atoms with E-state index in [-0.39, 0.29) is 12.7 Å². The number of rotatable bonds is 17. The Morgan fingerprint density at radius 3 is 2.22 bits per heavy atom. The van der Waals surface area contributed by atoms with Crippen LogP contribution in [-0.4, -0.2) is 70.2 Å². The number of benzene rings is 4. The predicted octanol–water partition coefficient (Wildman–Crippen LogP) is 9.43. The number of aryl methyl sites for hydroxylation is 2. The van der Waals surface area contributed by atoms with Crippen molar-refractivity contribution in [1.29, 1.82) is 0 Å². The van der Waals surface area contributed by atoms with Crippen molar-refractivity contribution in [3.8, 4) is 28.1 Å². The maximum absolute atomic E-state index is 15.8. The Labute approximate surface area is 351 Å². The number of carboxylic acids is 1. The van der Waals surface area contributed by atoms with Crippen LogP contribution in [0.15, 0.2) is 103 Å². The molecule has 3 heterocycles. The number of ether oxygens (including phenoxy) is 4. The molecule has 6 aromatic rings. The fourth-order valence-corrected chi connectivity index (χ4v) is 7.85. The van der Waals surface area contributed by atoms with E-state index >= 15 is 4.39 Å². The SMILES string of the molecule is Cc1cc(F)c(-c2cccc(-c3cn4c(N5CCC(C)(OCCOC[C@@H](C)OCc6ccccc6)CC5)c([C@H](O)C(=O)O)c(C)c(C)c4n3)c2)c(OCc2ccccc2)c1. The fourth-order valence-electron chi connectivity index (χ4n) is 7.85. The summed E-state index contributed by atoms with van der Waals surface area (Å²) in [5, 5.41) is 21.3. The van der Waals surface area contributed by atoms with Gasteiger partial charge in [0.1, 0.15) is 29.6 Å². The minimum absolute atomic E-state index is 0.0596. The lowest BCUT2D eigenvalue weighted by molar-refractivity contribution is -0.147. The highest BCUT2D eigenvalue weighted by Crippen LogP contribution is 2.40. The molecule has 1 aliphatic heterocycles. The van der Waals surface area contributed by atoms with Crippen molar-refractivity contribution in [3.05, 3.63) is 142 Å². The van der Waals surface area contributed by atoms with Crippen molar-refractivity contribution in [2.24, 2.45) is 0 Å². The zero-order chi connectivity index (χ0) is 42.4. The molecule has 1 fully saturated rings. The standard InChI is InChI=1S/C49H54FN3O7/c1-32-25-40(50)44(42(26-32)59-31-37-15-10-7-11-16-37)39-18-12-17-38(27-39)41-28-53-46(51-41)35(4)34(3)43(45(54)48(55)56)47(53)52-21-19-49(5,20-22-52)60-24-23-57-29-33(2)58-30-36-13-8-6-9-14-36/h6-18,25-28,33,45,54H,19-24,29-31H2,1-5H3,(H,55,56)/t33-,45+/m1/s1. The number of nitrogens with zero attached hydrogens (tertiary/aromatic N) is 3. The van der Waals surface area contributed by atoms with Gasteiger partial charge >= 0.3 is 5.97 Å². The smallest absolute Gasteiger partial charge is 0.337 e. The molecule has 314 valence electrons. The molecule has 60 heavy (non-hydrogen) atoms. The van der Waals surface area contributed by atoms with Gasteiger partial charge in [0, 0.05) is 30.4 Å². The van der Waals surface area contributed by atoms with Crippen LogP contribution in [0.3, 0.4) is 0 Å². The largest absolute Gasteiger partial charge is 0.488 e. The summed E-state index contributed by atoms with van der Waals surface area (Å²) in [5.74, 6) is -0.703. The van der Waals surface area contributed by atoms with E-state index in [1.165, 1.54) is 6.07 Å². The van der Waals surface area contributed by atoms with Gasteiger partial charge < -0.3 is 34.1 Å². The van der Waals surface area contributed by atoms with Crippen LogP contribution < -0.4 is 9.64 Å². The summed E-state index contributed by atoms with van der Waals surface area (Å²) < 4.78 is 42.1. The molecule has 0 aliphatic carbocycles. The van der Waals surface area contributed by atoms with Gasteiger partial charge in [-0.05, 0) is 99.0 Å². The highest BCUT2D eigenvalue weighted by atomic mass is 19.1. The second-order valence-electron chi connectivity index (χ2n) is 16.0. The first-order chi connectivity index (χ1) is 28.9. The Kier molecular flexibility index (Phi) is 13.3. The molecule has 0 spiro atoms. The number of aliphatic hydroxyl groups is 1. The summed E-state index contributed by atoms with van der Waals surface area (Å²) in [6.07, 6.45) is 1.40. The molecule has 2 aromatic heterocycles. The molecule has 1 saturated heterocycles. The molecule has 2 N–H and O–H groups in total. The maximum Gasteiger partial charge on any atom is 0.337 e. The van der Waals surface area contributed by atoms with Gasteiger partial charge in [-0.1, -0.05) is 78.9 Å². The second-order valence-corrected chi connectivity index (χ2v) is 16.0. The number of carboxylic acid groups (broad SMARTS) is 1. The van der Waals surface area contributed by atoms with E-state index in [1.807, 2.05) is 129 Å². The summed E-state index contributed by atoms with van der Waals surface area (Å²) in [6, 6.07) is 30.7. The lowest BCUT2D eigenvalue weighted by Crippen LogP contribution is -2.46. The number of piperidine rings is 1. The third-order valence-corrected chi connectivity index (χ3v) is 11.4. The van der Waals surface area contributed by atoms with Crippen LogP contribution in [0.25, 0.3) is 28.0 Å². The molecule has 11 heteroatoms. The summed E-state index contributed by atoms with van der Waals surface area (Å²) in [7, 11) is 0. The van der Waals surface area contributed by atoms with Crippen molar-refractivity contribution in [2.45, 2.75) is 78.5 Å². The third kappa shape index (κ3) is 9.71. The molecule has 10 nitrogen and oxygen atoms in total. The van der Waals surface area contributed by atoms with Crippen LogP contribution in [0.4, 0.5) is 10.2 Å². The average molecular weight is 816 g/mol. The van der Waals surface area contributed by atoms with Crippen molar-refractivity contribution < 1.29 is 38.3 Å². The van der Waals surface area contributed by atoms with E-state index in [4.69, 9.17) is 23.9 Å². The minimum Gasteiger partial charge on any atom is -0.488 e. The van der Waals surface area contributed by atoms with Crippen LogP contribution in [0, 0.1) is 26.6 Å². The molecule has 0 radical (unpaired) electrons. The monoisotopic (exact) mass is 815 g/mol. The van der Waals surface area contributed by atoms with Crippen molar-refractivity contribution in [1.82, 2.24) is 9.38 Å². The summed E-state index contributed by atoms with van der Waals surface area (Å²) >= 11 is 0. The Hall–Kier alpha value is -5.59. The molecular formula is C49H54FN3O7. The fraction of sp³-hybridized carbons (Fsp3) is 0.347. The average Bonchev–Trinajstić information content (AvgIpc) is 3.70. The molecule has 0 unspecified atom stereocenters. The van der Waals surface area contributed by atoms with E-state index < -0.39 is 23.5 Å². The van der Waals surface area contributed by atoms with Crippen LogP contribution in [0.5, 0.6) is 5.75 Å². The minimum atomic E-state index is -1.75. The van der Waals surface area contributed by atoms with Crippen molar-refractivity contribution in [3.63, 3.8) is 0 Å². The van der Waals surface area contributed by atoms with Gasteiger partial charge in [-0.2, -0.15) is 0 Å². The summed E-state index contributed by atoms with van der Waals surface area (Å²) in [5.41, 5.74) is 7.14. The van der Waals surface area contributed by atoms with Gasteiger partial charge in [0.05, 0.1) is 49.4 Å². The number of imidazole rings is 1. The number of hydrogen-bond acceptors (Lipinski definition) is 8. The number of pyridine rings is 1. The number of carbonyl (C=O) groups is 1. The molecular weight excluding hydrogens is 762 g/mol. The number of fused-ring (bicyclic) bond motifs is 1. The quantitative estimate of drug-likeness (QED) is 0.0870. The third-order valence-electron chi connectivity index (χ3n) is 11.4. The summed E-state index contributed by atoms with van der Waals surface area (Å²) in [6.45, 7) is 12.9. The topological polar surface area (TPSA) is 115 Å². The normalized spacial score (nSPS) is 14.9. The van der Waals surface area contributed by atoms with E-state index in [9.17, 15) is 15.0 Å². The van der Waals surface area contributed by atoms with E-state index in [2.05, 4.69) is 11.8 Å². The van der Waals surface area contributed by atoms with Gasteiger partial charge in [0.2, 0.25) is 0 Å². The van der Waals surface area contributed by atoms with E-state index in [0.717, 1.165) is 27.8 Å². The van der Waals surface area contributed by atoms with Gasteiger partial charge in [-0.25, -0.2) is 14.2 Å². The maximum atomic E-state index is 15.8. The van der Waals surface area contributed by atoms with Gasteiger partial charge in [0.25, 0.3) is 0 Å². The first-order valence-electron chi connectivity index (χ1n) is 20.5.